The molecule has 0 heterocycles. The summed E-state index contributed by atoms with van der Waals surface area (Å²) in [5.41, 5.74) is 2.89. The summed E-state index contributed by atoms with van der Waals surface area (Å²) in [5.74, 6) is 6.13. The SMILES string of the molecule is CC1(C)C2CC3CC(C2)CC1(c1ccc(C#Cc2ccc(C(=O)O)c(C(=O)O)c2)cc1)C3. The molecular formula is C28H28O4. The molecule has 2 aromatic carbocycles. The second-order valence-corrected chi connectivity index (χ2v) is 10.5. The number of hydrogen-bond acceptors (Lipinski definition) is 2. The minimum atomic E-state index is -1.27. The maximum absolute atomic E-state index is 11.4. The lowest BCUT2D eigenvalue weighted by Gasteiger charge is -2.66. The van der Waals surface area contributed by atoms with Gasteiger partial charge >= 0.3 is 11.9 Å². The lowest BCUT2D eigenvalue weighted by atomic mass is 9.38. The van der Waals surface area contributed by atoms with Crippen LogP contribution in [0.4, 0.5) is 0 Å². The summed E-state index contributed by atoms with van der Waals surface area (Å²) in [4.78, 5) is 22.6. The second kappa shape index (κ2) is 7.24. The van der Waals surface area contributed by atoms with Gasteiger partial charge in [-0.2, -0.15) is 0 Å². The fourth-order valence-corrected chi connectivity index (χ4v) is 7.08. The topological polar surface area (TPSA) is 74.6 Å². The summed E-state index contributed by atoms with van der Waals surface area (Å²) in [6, 6.07) is 12.8. The zero-order valence-corrected chi connectivity index (χ0v) is 18.5. The number of aromatic carboxylic acids is 2. The molecule has 4 saturated carbocycles. The van der Waals surface area contributed by atoms with Gasteiger partial charge in [-0.3, -0.25) is 0 Å². The molecule has 0 aromatic heterocycles. The van der Waals surface area contributed by atoms with Gasteiger partial charge in [0.25, 0.3) is 0 Å². The molecule has 2 atom stereocenters. The Bertz CT molecular complexity index is 1150. The second-order valence-electron chi connectivity index (χ2n) is 10.5. The quantitative estimate of drug-likeness (QED) is 0.625. The third-order valence-corrected chi connectivity index (χ3v) is 8.70. The predicted octanol–water partition coefficient (Wildman–Crippen LogP) is 5.59. The molecule has 2 N–H and O–H groups in total. The Labute approximate surface area is 188 Å². The molecule has 4 heteroatoms. The van der Waals surface area contributed by atoms with Gasteiger partial charge < -0.3 is 10.2 Å². The Hall–Kier alpha value is -3.06. The van der Waals surface area contributed by atoms with Crippen molar-refractivity contribution in [1.29, 1.82) is 0 Å². The van der Waals surface area contributed by atoms with Gasteiger partial charge in [0.15, 0.2) is 0 Å². The third-order valence-electron chi connectivity index (χ3n) is 8.70. The summed E-state index contributed by atoms with van der Waals surface area (Å²) >= 11 is 0. The van der Waals surface area contributed by atoms with E-state index in [0.29, 0.717) is 11.0 Å². The van der Waals surface area contributed by atoms with Crippen molar-refractivity contribution < 1.29 is 19.8 Å². The third kappa shape index (κ3) is 3.14. The number of carbonyl (C=O) groups is 2. The van der Waals surface area contributed by atoms with Crippen molar-refractivity contribution in [1.82, 2.24) is 0 Å². The fraction of sp³-hybridized carbons (Fsp3) is 0.429. The summed E-state index contributed by atoms with van der Waals surface area (Å²) < 4.78 is 0. The highest BCUT2D eigenvalue weighted by atomic mass is 16.4. The van der Waals surface area contributed by atoms with Crippen LogP contribution >= 0.6 is 0 Å². The summed E-state index contributed by atoms with van der Waals surface area (Å²) in [6.45, 7) is 4.95. The summed E-state index contributed by atoms with van der Waals surface area (Å²) in [7, 11) is 0. The van der Waals surface area contributed by atoms with Crippen LogP contribution in [0, 0.1) is 35.0 Å². The Morgan fingerprint density at radius 3 is 1.97 bits per heavy atom. The lowest BCUT2D eigenvalue weighted by molar-refractivity contribution is -0.113. The first kappa shape index (κ1) is 20.8. The van der Waals surface area contributed by atoms with E-state index in [9.17, 15) is 14.7 Å². The molecule has 4 fully saturated rings. The lowest BCUT2D eigenvalue weighted by Crippen LogP contribution is -2.59. The maximum atomic E-state index is 11.4. The van der Waals surface area contributed by atoms with Crippen LogP contribution in [0.3, 0.4) is 0 Å². The van der Waals surface area contributed by atoms with Crippen LogP contribution in [0.5, 0.6) is 0 Å². The maximum Gasteiger partial charge on any atom is 0.336 e. The van der Waals surface area contributed by atoms with E-state index in [1.165, 1.54) is 49.8 Å². The van der Waals surface area contributed by atoms with Crippen molar-refractivity contribution in [2.75, 3.05) is 0 Å². The van der Waals surface area contributed by atoms with Crippen LogP contribution in [-0.2, 0) is 5.41 Å². The Balaban J connectivity index is 1.43. The monoisotopic (exact) mass is 428 g/mol. The molecule has 0 radical (unpaired) electrons. The van der Waals surface area contributed by atoms with Crippen LogP contribution in [0.2, 0.25) is 0 Å². The molecular weight excluding hydrogens is 400 g/mol. The van der Waals surface area contributed by atoms with E-state index in [4.69, 9.17) is 5.11 Å². The highest BCUT2D eigenvalue weighted by Crippen LogP contribution is 2.68. The molecule has 0 spiro atoms. The molecule has 4 nitrogen and oxygen atoms in total. The highest BCUT2D eigenvalue weighted by Gasteiger charge is 2.61. The van der Waals surface area contributed by atoms with Gasteiger partial charge in [0, 0.05) is 16.5 Å². The van der Waals surface area contributed by atoms with E-state index in [1.54, 1.807) is 6.07 Å². The van der Waals surface area contributed by atoms with Gasteiger partial charge in [0.05, 0.1) is 11.1 Å². The average molecular weight is 429 g/mol. The Kier molecular flexibility index (Phi) is 4.71. The zero-order chi connectivity index (χ0) is 22.7. The fourth-order valence-electron chi connectivity index (χ4n) is 7.08. The molecule has 164 valence electrons. The van der Waals surface area contributed by atoms with E-state index in [0.717, 1.165) is 23.3 Å². The van der Waals surface area contributed by atoms with Crippen molar-refractivity contribution in [3.05, 3.63) is 70.3 Å². The number of hydrogen-bond donors (Lipinski definition) is 2. The minimum Gasteiger partial charge on any atom is -0.478 e. The average Bonchev–Trinajstić information content (AvgIpc) is 2.75. The number of rotatable bonds is 3. The van der Waals surface area contributed by atoms with E-state index < -0.39 is 11.9 Å². The van der Waals surface area contributed by atoms with Crippen LogP contribution < -0.4 is 0 Å². The molecule has 32 heavy (non-hydrogen) atoms. The first-order chi connectivity index (χ1) is 15.2. The molecule has 4 aliphatic carbocycles. The predicted molar refractivity (Wildman–Crippen MR) is 122 cm³/mol. The van der Waals surface area contributed by atoms with Crippen LogP contribution in [-0.4, -0.2) is 22.2 Å². The zero-order valence-electron chi connectivity index (χ0n) is 18.5. The van der Waals surface area contributed by atoms with E-state index in [-0.39, 0.29) is 16.5 Å². The van der Waals surface area contributed by atoms with Crippen LogP contribution in [0.25, 0.3) is 0 Å². The summed E-state index contributed by atoms with van der Waals surface area (Å²) in [6.07, 6.45) is 6.80. The van der Waals surface area contributed by atoms with Gasteiger partial charge in [-0.25, -0.2) is 9.59 Å². The molecule has 4 bridgehead atoms. The molecule has 0 saturated heterocycles. The van der Waals surface area contributed by atoms with E-state index >= 15 is 0 Å². The standard InChI is InChI=1S/C28H28O4/c1-27(2)22-12-19-11-20(13-22)16-28(27,15-19)21-8-5-17(6-9-21)3-4-18-7-10-23(25(29)30)24(14-18)26(31)32/h5-10,14,19-20,22H,11-13,15-16H2,1-2H3,(H,29,30)(H,31,32). The van der Waals surface area contributed by atoms with E-state index in [1.807, 2.05) is 0 Å². The highest BCUT2D eigenvalue weighted by molar-refractivity contribution is 6.01. The first-order valence-electron chi connectivity index (χ1n) is 11.4. The van der Waals surface area contributed by atoms with Crippen LogP contribution in [0.15, 0.2) is 42.5 Å². The number of carboxylic acids is 2. The van der Waals surface area contributed by atoms with Crippen LogP contribution in [0.1, 0.15) is 83.4 Å². The van der Waals surface area contributed by atoms with E-state index in [2.05, 4.69) is 50.0 Å². The van der Waals surface area contributed by atoms with Crippen molar-refractivity contribution in [2.24, 2.45) is 23.2 Å². The molecule has 2 aromatic rings. The molecule has 0 amide bonds. The molecule has 0 aliphatic heterocycles. The Morgan fingerprint density at radius 2 is 1.38 bits per heavy atom. The van der Waals surface area contributed by atoms with Crippen molar-refractivity contribution in [2.45, 2.75) is 51.4 Å². The van der Waals surface area contributed by atoms with Crippen molar-refractivity contribution >= 4 is 11.9 Å². The minimum absolute atomic E-state index is 0.231. The van der Waals surface area contributed by atoms with Gasteiger partial charge in [-0.05, 0) is 91.2 Å². The molecule has 2 unspecified atom stereocenters. The van der Waals surface area contributed by atoms with Gasteiger partial charge in [0.1, 0.15) is 0 Å². The number of carboxylic acid groups (broad SMARTS) is 2. The largest absolute Gasteiger partial charge is 0.478 e. The summed E-state index contributed by atoms with van der Waals surface area (Å²) in [5, 5.41) is 18.5. The van der Waals surface area contributed by atoms with Gasteiger partial charge in [-0.1, -0.05) is 37.8 Å². The smallest absolute Gasteiger partial charge is 0.336 e. The molecule has 4 aliphatic rings. The van der Waals surface area contributed by atoms with Crippen molar-refractivity contribution in [3.63, 3.8) is 0 Å². The first-order valence-corrected chi connectivity index (χ1v) is 11.4. The van der Waals surface area contributed by atoms with Gasteiger partial charge in [-0.15, -0.1) is 0 Å². The Morgan fingerprint density at radius 1 is 0.812 bits per heavy atom. The normalized spacial score (nSPS) is 29.2. The van der Waals surface area contributed by atoms with Gasteiger partial charge in [0.2, 0.25) is 0 Å². The molecule has 6 rings (SSSR count). The number of benzene rings is 2. The van der Waals surface area contributed by atoms with Crippen molar-refractivity contribution in [3.8, 4) is 11.8 Å².